The second-order valence-corrected chi connectivity index (χ2v) is 7.70. The molecule has 0 aromatic heterocycles. The van der Waals surface area contributed by atoms with Crippen LogP contribution in [0.2, 0.25) is 0 Å². The van der Waals surface area contributed by atoms with Gasteiger partial charge in [-0.2, -0.15) is 26.3 Å². The Labute approximate surface area is 220 Å². The SMILES string of the molecule is O.[CH3-].[Ir+3].[NH-]C(c1ccccc1)[C@H]([N-]S(=O)Oc1cc(C(F)(F)F)cc(C(F)(F)F)c1)c1ccccc1. The van der Waals surface area contributed by atoms with Crippen LogP contribution in [0.3, 0.4) is 0 Å². The van der Waals surface area contributed by atoms with Crippen LogP contribution in [-0.2, 0) is 43.7 Å². The quantitative estimate of drug-likeness (QED) is 0.191. The van der Waals surface area contributed by atoms with Crippen molar-refractivity contribution in [2.24, 2.45) is 0 Å². The van der Waals surface area contributed by atoms with Crippen molar-refractivity contribution in [1.29, 1.82) is 0 Å². The van der Waals surface area contributed by atoms with Gasteiger partial charge in [0.25, 0.3) is 0 Å². The summed E-state index contributed by atoms with van der Waals surface area (Å²) in [6.45, 7) is 0. The van der Waals surface area contributed by atoms with Gasteiger partial charge >= 0.3 is 32.5 Å². The molecule has 198 valence electrons. The van der Waals surface area contributed by atoms with E-state index < -0.39 is 52.6 Å². The third-order valence-corrected chi connectivity index (χ3v) is 5.28. The van der Waals surface area contributed by atoms with Gasteiger partial charge in [0.15, 0.2) is 0 Å². The minimum absolute atomic E-state index is 0. The molecule has 0 aliphatic rings. The third kappa shape index (κ3) is 8.98. The molecule has 5 nitrogen and oxygen atoms in total. The Kier molecular flexibility index (Phi) is 13.0. The number of nitrogens with one attached hydrogen (secondary N) is 1. The first-order chi connectivity index (χ1) is 15.4. The molecule has 0 radical (unpaired) electrons. The molecule has 3 atom stereocenters. The van der Waals surface area contributed by atoms with Gasteiger partial charge in [-0.3, -0.25) is 0 Å². The van der Waals surface area contributed by atoms with E-state index in [-0.39, 0.29) is 39.1 Å². The van der Waals surface area contributed by atoms with E-state index in [9.17, 15) is 30.6 Å². The molecule has 36 heavy (non-hydrogen) atoms. The molecule has 0 bridgehead atoms. The summed E-state index contributed by atoms with van der Waals surface area (Å²) in [6.07, 6.45) is -10.2. The smallest absolute Gasteiger partial charge is 0.672 e. The van der Waals surface area contributed by atoms with E-state index in [1.165, 1.54) is 0 Å². The van der Waals surface area contributed by atoms with Crippen LogP contribution in [0, 0.1) is 7.43 Å². The van der Waals surface area contributed by atoms with Gasteiger partial charge in [-0.15, -0.1) is 12.1 Å². The van der Waals surface area contributed by atoms with Gasteiger partial charge in [-0.1, -0.05) is 71.8 Å². The van der Waals surface area contributed by atoms with E-state index in [1.807, 2.05) is 0 Å². The Bertz CT molecular complexity index is 1070. The minimum Gasteiger partial charge on any atom is -0.672 e. The molecule has 3 rings (SSSR count). The Morgan fingerprint density at radius 2 is 1.19 bits per heavy atom. The van der Waals surface area contributed by atoms with Crippen molar-refractivity contribution in [3.63, 3.8) is 0 Å². The van der Waals surface area contributed by atoms with Crippen molar-refractivity contribution >= 4 is 11.3 Å². The summed E-state index contributed by atoms with van der Waals surface area (Å²) in [5.41, 5.74) is 6.31. The maximum absolute atomic E-state index is 13.1. The molecule has 3 N–H and O–H groups in total. The average Bonchev–Trinajstić information content (AvgIpc) is 2.77. The predicted molar refractivity (Wildman–Crippen MR) is 121 cm³/mol. The number of benzene rings is 3. The summed E-state index contributed by atoms with van der Waals surface area (Å²) >= 11 is -2.70. The van der Waals surface area contributed by atoms with Crippen LogP contribution in [0.4, 0.5) is 26.3 Å². The molecule has 3 aromatic rings. The first kappa shape index (κ1) is 33.7. The van der Waals surface area contributed by atoms with Gasteiger partial charge < -0.3 is 27.5 Å². The molecule has 13 heteroatoms. The standard InChI is InChI=1S/C22H16F6N2O2S.CH3.Ir.H2O/c23-21(24,25)16-11-17(22(26,27)28)13-18(12-16)32-33(31)30-20(15-9-5-2-6-10-15)19(29)14-7-3-1-4-8-14;;;/h1-13,19-20,29H;1H3;;1H2/q-2;-1;+3;/t19?,20-,33?;;;/m1.../s1. The summed E-state index contributed by atoms with van der Waals surface area (Å²) in [6, 6.07) is 15.1. The maximum atomic E-state index is 13.1. The summed E-state index contributed by atoms with van der Waals surface area (Å²) in [5, 5.41) is 0. The van der Waals surface area contributed by atoms with Crippen molar-refractivity contribution < 1.29 is 60.3 Å². The van der Waals surface area contributed by atoms with Crippen LogP contribution >= 0.6 is 0 Å². The Hall–Kier alpha value is -2.28. The van der Waals surface area contributed by atoms with E-state index in [1.54, 1.807) is 60.7 Å². The number of hydrogen-bond donors (Lipinski definition) is 0. The second kappa shape index (κ2) is 13.9. The monoisotopic (exact) mass is 712 g/mol. The zero-order valence-corrected chi connectivity index (χ0v) is 21.6. The minimum atomic E-state index is -5.08. The molecule has 0 aliphatic heterocycles. The fourth-order valence-corrected chi connectivity index (χ4v) is 3.71. The topological polar surface area (TPSA) is 95.7 Å². The maximum Gasteiger partial charge on any atom is 3.00 e. The van der Waals surface area contributed by atoms with Crippen LogP contribution < -0.4 is 4.18 Å². The molecule has 2 unspecified atom stereocenters. The molecular weight excluding hydrogens is 691 g/mol. The largest absolute Gasteiger partial charge is 3.00 e. The third-order valence-electron chi connectivity index (χ3n) is 4.54. The number of halogens is 6. The first-order valence-electron chi connectivity index (χ1n) is 9.36. The van der Waals surface area contributed by atoms with Crippen molar-refractivity contribution in [2.45, 2.75) is 24.4 Å². The molecule has 0 aliphatic carbocycles. The summed E-state index contributed by atoms with van der Waals surface area (Å²) < 4.78 is 99.6. The van der Waals surface area contributed by atoms with E-state index in [0.29, 0.717) is 23.3 Å². The summed E-state index contributed by atoms with van der Waals surface area (Å²) in [7, 11) is 0. The van der Waals surface area contributed by atoms with Crippen LogP contribution in [0.15, 0.2) is 78.9 Å². The Morgan fingerprint density at radius 3 is 1.61 bits per heavy atom. The Morgan fingerprint density at radius 1 is 0.778 bits per heavy atom. The molecular formula is C23H21F6IrN2O3S. The van der Waals surface area contributed by atoms with E-state index >= 15 is 0 Å². The van der Waals surface area contributed by atoms with Gasteiger partial charge in [0.1, 0.15) is 17.0 Å². The first-order valence-corrected chi connectivity index (χ1v) is 10.4. The van der Waals surface area contributed by atoms with Crippen molar-refractivity contribution in [2.75, 3.05) is 0 Å². The molecule has 0 spiro atoms. The summed E-state index contributed by atoms with van der Waals surface area (Å²) in [5.74, 6) is -0.910. The Balaban J connectivity index is 0.00000408. The fraction of sp³-hybridized carbons (Fsp3) is 0.174. The van der Waals surface area contributed by atoms with Crippen LogP contribution in [0.1, 0.15) is 34.3 Å². The van der Waals surface area contributed by atoms with Gasteiger partial charge in [0.05, 0.1) is 11.1 Å². The molecule has 0 saturated carbocycles. The number of rotatable bonds is 7. The van der Waals surface area contributed by atoms with E-state index in [0.717, 1.165) is 0 Å². The van der Waals surface area contributed by atoms with Gasteiger partial charge in [-0.25, -0.2) is 4.21 Å². The van der Waals surface area contributed by atoms with Crippen LogP contribution in [0.5, 0.6) is 5.75 Å². The van der Waals surface area contributed by atoms with Gasteiger partial charge in [-0.05, 0) is 18.2 Å². The van der Waals surface area contributed by atoms with E-state index in [4.69, 9.17) is 9.92 Å². The fourth-order valence-electron chi connectivity index (χ4n) is 2.98. The van der Waals surface area contributed by atoms with Crippen molar-refractivity contribution in [3.05, 3.63) is 119 Å². The van der Waals surface area contributed by atoms with Crippen LogP contribution in [-0.4, -0.2) is 9.69 Å². The number of nitrogens with zero attached hydrogens (tertiary/aromatic N) is 1. The number of alkyl halides is 6. The van der Waals surface area contributed by atoms with E-state index in [2.05, 4.69) is 4.72 Å². The normalized spacial score (nSPS) is 13.8. The zero-order valence-electron chi connectivity index (χ0n) is 18.4. The summed E-state index contributed by atoms with van der Waals surface area (Å²) in [4.78, 5) is 0. The molecule has 3 aromatic carbocycles. The zero-order chi connectivity index (χ0) is 24.2. The van der Waals surface area contributed by atoms with Crippen LogP contribution in [0.25, 0.3) is 10.5 Å². The average molecular weight is 712 g/mol. The van der Waals surface area contributed by atoms with Crippen molar-refractivity contribution in [3.8, 4) is 5.75 Å². The molecule has 0 fully saturated rings. The van der Waals surface area contributed by atoms with Gasteiger partial charge in [0, 0.05) is 0 Å². The molecule has 0 saturated heterocycles. The molecule has 0 heterocycles. The predicted octanol–water partition coefficient (Wildman–Crippen LogP) is 7.21. The number of hydrogen-bond acceptors (Lipinski definition) is 2. The second-order valence-electron chi connectivity index (χ2n) is 6.89. The van der Waals surface area contributed by atoms with Crippen molar-refractivity contribution in [1.82, 2.24) is 0 Å². The molecule has 0 amide bonds. The van der Waals surface area contributed by atoms with Gasteiger partial charge in [0.2, 0.25) is 0 Å².